The van der Waals surface area contributed by atoms with Crippen molar-refractivity contribution in [1.82, 2.24) is 15.2 Å². The van der Waals surface area contributed by atoms with Gasteiger partial charge < -0.3 is 10.8 Å². The van der Waals surface area contributed by atoms with Gasteiger partial charge in [0.2, 0.25) is 11.9 Å². The first-order chi connectivity index (χ1) is 9.15. The maximum Gasteiger partial charge on any atom is 0.249 e. The van der Waals surface area contributed by atoms with Gasteiger partial charge in [-0.15, -0.1) is 5.10 Å². The molecule has 1 aromatic carbocycles. The normalized spacial score (nSPS) is 11.8. The van der Waals surface area contributed by atoms with E-state index in [1.54, 1.807) is 24.3 Å². The molecule has 7 heteroatoms. The molecule has 19 heavy (non-hydrogen) atoms. The molecule has 0 saturated heterocycles. The van der Waals surface area contributed by atoms with E-state index in [1.165, 1.54) is 12.4 Å². The number of nitrogens with zero attached hydrogens (tertiary/aromatic N) is 3. The van der Waals surface area contributed by atoms with Crippen molar-refractivity contribution in [1.29, 1.82) is 0 Å². The molecule has 1 heterocycles. The average molecular weight is 259 g/mol. The maximum atomic E-state index is 11.8. The molecular formula is C12H13N5O2. The Labute approximate surface area is 109 Å². The third-order valence-corrected chi connectivity index (χ3v) is 2.45. The van der Waals surface area contributed by atoms with E-state index in [0.29, 0.717) is 6.42 Å². The maximum absolute atomic E-state index is 11.8. The van der Waals surface area contributed by atoms with Crippen molar-refractivity contribution in [2.45, 2.75) is 12.5 Å². The summed E-state index contributed by atoms with van der Waals surface area (Å²) in [5.41, 5.74) is 6.64. The second-order valence-corrected chi connectivity index (χ2v) is 3.93. The highest BCUT2D eigenvalue weighted by Gasteiger charge is 2.15. The average Bonchev–Trinajstić information content (AvgIpc) is 2.42. The minimum absolute atomic E-state index is 0.119. The lowest BCUT2D eigenvalue weighted by atomic mass is 10.1. The lowest BCUT2D eigenvalue weighted by Crippen LogP contribution is -2.37. The molecule has 0 saturated carbocycles. The van der Waals surface area contributed by atoms with Gasteiger partial charge in [0.15, 0.2) is 0 Å². The number of rotatable bonds is 4. The van der Waals surface area contributed by atoms with E-state index in [1.807, 2.05) is 0 Å². The topological polar surface area (TPSA) is 114 Å². The first-order valence-electron chi connectivity index (χ1n) is 5.63. The quantitative estimate of drug-likeness (QED) is 0.716. The van der Waals surface area contributed by atoms with Gasteiger partial charge in [-0.3, -0.25) is 10.1 Å². The van der Waals surface area contributed by atoms with E-state index in [-0.39, 0.29) is 17.6 Å². The standard InChI is InChI=1S/C12H13N5O2/c13-10(7-8-1-3-9(18)4-2-8)11(19)16-12-14-5-6-15-17-12/h1-6,10,18H,7,13H2,(H,14,16,17,19)/t10-/m0/s1. The van der Waals surface area contributed by atoms with Gasteiger partial charge in [0.1, 0.15) is 5.75 Å². The summed E-state index contributed by atoms with van der Waals surface area (Å²) < 4.78 is 0. The Balaban J connectivity index is 1.94. The van der Waals surface area contributed by atoms with Crippen LogP contribution in [-0.2, 0) is 11.2 Å². The van der Waals surface area contributed by atoms with Crippen molar-refractivity contribution in [3.05, 3.63) is 42.2 Å². The summed E-state index contributed by atoms with van der Waals surface area (Å²) in [5.74, 6) is -0.0970. The molecule has 1 aromatic heterocycles. The van der Waals surface area contributed by atoms with Gasteiger partial charge in [0, 0.05) is 0 Å². The number of nitrogens with two attached hydrogens (primary N) is 1. The summed E-state index contributed by atoms with van der Waals surface area (Å²) in [6.07, 6.45) is 3.19. The summed E-state index contributed by atoms with van der Waals surface area (Å²) in [5, 5.41) is 18.9. The Hall–Kier alpha value is -2.54. The molecule has 2 aromatic rings. The number of aromatic hydroxyl groups is 1. The SMILES string of the molecule is N[C@@H](Cc1ccc(O)cc1)C(=O)Nc1nccnn1. The molecule has 4 N–H and O–H groups in total. The Bertz CT molecular complexity index is 544. The molecule has 2 rings (SSSR count). The van der Waals surface area contributed by atoms with Crippen molar-refractivity contribution < 1.29 is 9.90 Å². The lowest BCUT2D eigenvalue weighted by Gasteiger charge is -2.11. The summed E-state index contributed by atoms with van der Waals surface area (Å²) in [6, 6.07) is 5.79. The second-order valence-electron chi connectivity index (χ2n) is 3.93. The molecule has 0 aliphatic carbocycles. The molecule has 0 aliphatic heterocycles. The zero-order valence-electron chi connectivity index (χ0n) is 10.0. The third-order valence-electron chi connectivity index (χ3n) is 2.45. The molecule has 7 nitrogen and oxygen atoms in total. The van der Waals surface area contributed by atoms with E-state index < -0.39 is 6.04 Å². The molecule has 1 atom stereocenters. The number of phenolic OH excluding ortho intramolecular Hbond substituents is 1. The third kappa shape index (κ3) is 3.71. The van der Waals surface area contributed by atoms with Gasteiger partial charge in [0.25, 0.3) is 0 Å². The van der Waals surface area contributed by atoms with E-state index in [0.717, 1.165) is 5.56 Å². The number of nitrogens with one attached hydrogen (secondary N) is 1. The number of phenols is 1. The minimum Gasteiger partial charge on any atom is -0.508 e. The number of aromatic nitrogens is 3. The van der Waals surface area contributed by atoms with Crippen molar-refractivity contribution >= 4 is 11.9 Å². The molecule has 0 spiro atoms. The number of amides is 1. The molecule has 0 aliphatic rings. The van der Waals surface area contributed by atoms with Crippen LogP contribution in [0.15, 0.2) is 36.7 Å². The summed E-state index contributed by atoms with van der Waals surface area (Å²) in [4.78, 5) is 15.6. The Morgan fingerprint density at radius 1 is 1.32 bits per heavy atom. The van der Waals surface area contributed by atoms with Crippen LogP contribution in [0.2, 0.25) is 0 Å². The van der Waals surface area contributed by atoms with Crippen LogP contribution < -0.4 is 11.1 Å². The number of carbonyl (C=O) groups excluding carboxylic acids is 1. The van der Waals surface area contributed by atoms with Gasteiger partial charge in [0.05, 0.1) is 18.4 Å². The predicted molar refractivity (Wildman–Crippen MR) is 68.2 cm³/mol. The summed E-state index contributed by atoms with van der Waals surface area (Å²) in [6.45, 7) is 0. The summed E-state index contributed by atoms with van der Waals surface area (Å²) in [7, 11) is 0. The number of hydrogen-bond acceptors (Lipinski definition) is 6. The molecule has 0 radical (unpaired) electrons. The van der Waals surface area contributed by atoms with E-state index in [9.17, 15) is 4.79 Å². The minimum atomic E-state index is -0.728. The van der Waals surface area contributed by atoms with Crippen molar-refractivity contribution in [2.24, 2.45) is 5.73 Å². The van der Waals surface area contributed by atoms with Crippen molar-refractivity contribution in [3.63, 3.8) is 0 Å². The van der Waals surface area contributed by atoms with Gasteiger partial charge >= 0.3 is 0 Å². The Morgan fingerprint density at radius 3 is 2.68 bits per heavy atom. The monoisotopic (exact) mass is 259 g/mol. The highest BCUT2D eigenvalue weighted by molar-refractivity contribution is 5.93. The number of benzene rings is 1. The fourth-order valence-electron chi connectivity index (χ4n) is 1.49. The molecule has 0 bridgehead atoms. The van der Waals surface area contributed by atoms with Gasteiger partial charge in [-0.2, -0.15) is 5.10 Å². The summed E-state index contributed by atoms with van der Waals surface area (Å²) >= 11 is 0. The van der Waals surface area contributed by atoms with Crippen LogP contribution in [0.25, 0.3) is 0 Å². The van der Waals surface area contributed by atoms with Crippen LogP contribution in [0, 0.1) is 0 Å². The molecule has 98 valence electrons. The van der Waals surface area contributed by atoms with Crippen LogP contribution in [0.5, 0.6) is 5.75 Å². The smallest absolute Gasteiger partial charge is 0.249 e. The number of carbonyl (C=O) groups is 1. The van der Waals surface area contributed by atoms with Crippen molar-refractivity contribution in [3.8, 4) is 5.75 Å². The fraction of sp³-hybridized carbons (Fsp3) is 0.167. The Kier molecular flexibility index (Phi) is 3.99. The number of hydrogen-bond donors (Lipinski definition) is 3. The second kappa shape index (κ2) is 5.87. The van der Waals surface area contributed by atoms with Crippen LogP contribution in [0.1, 0.15) is 5.56 Å². The van der Waals surface area contributed by atoms with Crippen LogP contribution >= 0.6 is 0 Å². The molecule has 0 unspecified atom stereocenters. The van der Waals surface area contributed by atoms with Gasteiger partial charge in [-0.05, 0) is 24.1 Å². The zero-order valence-corrected chi connectivity index (χ0v) is 10.0. The first-order valence-corrected chi connectivity index (χ1v) is 5.63. The van der Waals surface area contributed by atoms with Gasteiger partial charge in [-0.1, -0.05) is 12.1 Å². The largest absolute Gasteiger partial charge is 0.508 e. The van der Waals surface area contributed by atoms with E-state index in [2.05, 4.69) is 20.5 Å². The van der Waals surface area contributed by atoms with Crippen LogP contribution in [0.4, 0.5) is 5.95 Å². The Morgan fingerprint density at radius 2 is 2.05 bits per heavy atom. The molecular weight excluding hydrogens is 246 g/mol. The van der Waals surface area contributed by atoms with Crippen molar-refractivity contribution in [2.75, 3.05) is 5.32 Å². The van der Waals surface area contributed by atoms with E-state index >= 15 is 0 Å². The fourth-order valence-corrected chi connectivity index (χ4v) is 1.49. The van der Waals surface area contributed by atoms with E-state index in [4.69, 9.17) is 10.8 Å². The van der Waals surface area contributed by atoms with Crippen LogP contribution in [-0.4, -0.2) is 32.2 Å². The molecule has 0 fully saturated rings. The highest BCUT2D eigenvalue weighted by atomic mass is 16.3. The lowest BCUT2D eigenvalue weighted by molar-refractivity contribution is -0.117. The molecule has 1 amide bonds. The number of anilines is 1. The first kappa shape index (κ1) is 12.9. The van der Waals surface area contributed by atoms with Gasteiger partial charge in [-0.25, -0.2) is 4.98 Å². The highest BCUT2D eigenvalue weighted by Crippen LogP contribution is 2.11. The predicted octanol–water partition coefficient (Wildman–Crippen LogP) is 0.0857. The van der Waals surface area contributed by atoms with Crippen LogP contribution in [0.3, 0.4) is 0 Å². The zero-order chi connectivity index (χ0) is 13.7.